The lowest BCUT2D eigenvalue weighted by atomic mass is 10.1. The van der Waals surface area contributed by atoms with E-state index >= 15 is 0 Å². The molecule has 0 radical (unpaired) electrons. The largest absolute Gasteiger partial charge is 0.346 e. The number of ether oxygens (including phenoxy) is 2. The lowest BCUT2D eigenvalue weighted by molar-refractivity contribution is -0.0441. The van der Waals surface area contributed by atoms with Gasteiger partial charge in [-0.05, 0) is 12.1 Å². The van der Waals surface area contributed by atoms with Gasteiger partial charge in [0.2, 0.25) is 0 Å². The SMILES string of the molecule is N#CCC#Cc1cccc(C2OCCO2)c1. The molecule has 0 N–H and O–H groups in total. The summed E-state index contributed by atoms with van der Waals surface area (Å²) in [6.45, 7) is 1.27. The van der Waals surface area contributed by atoms with E-state index in [2.05, 4.69) is 11.8 Å². The summed E-state index contributed by atoms with van der Waals surface area (Å²) in [5.41, 5.74) is 1.85. The van der Waals surface area contributed by atoms with E-state index in [-0.39, 0.29) is 12.7 Å². The van der Waals surface area contributed by atoms with Gasteiger partial charge in [-0.25, -0.2) is 0 Å². The quantitative estimate of drug-likeness (QED) is 0.670. The average molecular weight is 213 g/mol. The predicted molar refractivity (Wildman–Crippen MR) is 58.2 cm³/mol. The maximum absolute atomic E-state index is 8.38. The van der Waals surface area contributed by atoms with E-state index in [4.69, 9.17) is 14.7 Å². The van der Waals surface area contributed by atoms with Crippen molar-refractivity contribution in [1.29, 1.82) is 5.26 Å². The molecule has 1 saturated heterocycles. The van der Waals surface area contributed by atoms with Crippen LogP contribution in [-0.4, -0.2) is 13.2 Å². The minimum Gasteiger partial charge on any atom is -0.346 e. The van der Waals surface area contributed by atoms with Crippen LogP contribution in [-0.2, 0) is 9.47 Å². The first-order valence-electron chi connectivity index (χ1n) is 5.09. The van der Waals surface area contributed by atoms with Crippen molar-refractivity contribution in [3.63, 3.8) is 0 Å². The molecule has 1 heterocycles. The molecule has 0 atom stereocenters. The lowest BCUT2D eigenvalue weighted by Gasteiger charge is -2.08. The molecule has 1 aromatic carbocycles. The molecule has 3 nitrogen and oxygen atoms in total. The molecule has 0 unspecified atom stereocenters. The third-order valence-electron chi connectivity index (χ3n) is 2.18. The maximum Gasteiger partial charge on any atom is 0.184 e. The van der Waals surface area contributed by atoms with Gasteiger partial charge in [0, 0.05) is 11.1 Å². The summed E-state index contributed by atoms with van der Waals surface area (Å²) in [6.07, 6.45) is -0.0154. The van der Waals surface area contributed by atoms with Gasteiger partial charge in [-0.3, -0.25) is 0 Å². The van der Waals surface area contributed by atoms with Crippen LogP contribution in [0.25, 0.3) is 0 Å². The zero-order chi connectivity index (χ0) is 11.2. The van der Waals surface area contributed by atoms with E-state index in [1.807, 2.05) is 30.3 Å². The molecule has 0 amide bonds. The highest BCUT2D eigenvalue weighted by atomic mass is 16.7. The average Bonchev–Trinajstić information content (AvgIpc) is 2.83. The zero-order valence-corrected chi connectivity index (χ0v) is 8.77. The second-order valence-corrected chi connectivity index (χ2v) is 3.34. The first kappa shape index (κ1) is 10.7. The van der Waals surface area contributed by atoms with Crippen molar-refractivity contribution in [2.75, 3.05) is 13.2 Å². The van der Waals surface area contributed by atoms with Gasteiger partial charge in [-0.1, -0.05) is 24.0 Å². The van der Waals surface area contributed by atoms with Crippen LogP contribution in [0.15, 0.2) is 24.3 Å². The molecule has 0 bridgehead atoms. The molecule has 0 aliphatic carbocycles. The molecule has 1 fully saturated rings. The fraction of sp³-hybridized carbons (Fsp3) is 0.308. The number of nitriles is 1. The van der Waals surface area contributed by atoms with Crippen molar-refractivity contribution in [2.45, 2.75) is 12.7 Å². The molecular weight excluding hydrogens is 202 g/mol. The highest BCUT2D eigenvalue weighted by Gasteiger charge is 2.17. The predicted octanol–water partition coefficient (Wildman–Crippen LogP) is 2.00. The van der Waals surface area contributed by atoms with Crippen LogP contribution < -0.4 is 0 Å². The highest BCUT2D eigenvalue weighted by molar-refractivity contribution is 5.38. The smallest absolute Gasteiger partial charge is 0.184 e. The van der Waals surface area contributed by atoms with Crippen molar-refractivity contribution < 1.29 is 9.47 Å². The Hall–Kier alpha value is -1.81. The number of nitrogens with zero attached hydrogens (tertiary/aromatic N) is 1. The number of rotatable bonds is 1. The Balaban J connectivity index is 2.14. The van der Waals surface area contributed by atoms with E-state index in [9.17, 15) is 0 Å². The second kappa shape index (κ2) is 5.32. The molecule has 1 aromatic rings. The summed E-state index contributed by atoms with van der Waals surface area (Å²) in [7, 11) is 0. The van der Waals surface area contributed by atoms with Gasteiger partial charge in [0.15, 0.2) is 6.29 Å². The van der Waals surface area contributed by atoms with Gasteiger partial charge in [0.25, 0.3) is 0 Å². The Labute approximate surface area is 94.6 Å². The third kappa shape index (κ3) is 2.61. The minimum absolute atomic E-state index is 0.251. The summed E-state index contributed by atoms with van der Waals surface area (Å²) in [6, 6.07) is 9.68. The van der Waals surface area contributed by atoms with Crippen LogP contribution >= 0.6 is 0 Å². The molecule has 0 aromatic heterocycles. The summed E-state index contributed by atoms with van der Waals surface area (Å²) in [4.78, 5) is 0. The normalized spacial score (nSPS) is 15.2. The zero-order valence-electron chi connectivity index (χ0n) is 8.77. The Kier molecular flexibility index (Phi) is 3.56. The lowest BCUT2D eigenvalue weighted by Crippen LogP contribution is -1.97. The summed E-state index contributed by atoms with van der Waals surface area (Å²) >= 11 is 0. The van der Waals surface area contributed by atoms with Crippen LogP contribution in [0.5, 0.6) is 0 Å². The van der Waals surface area contributed by atoms with E-state index in [1.54, 1.807) is 0 Å². The second-order valence-electron chi connectivity index (χ2n) is 3.34. The highest BCUT2D eigenvalue weighted by Crippen LogP contribution is 2.23. The standard InChI is InChI=1S/C13H11NO2/c14-7-2-1-4-11-5-3-6-12(10-11)13-15-8-9-16-13/h3,5-6,10,13H,2,8-9H2. The van der Waals surface area contributed by atoms with E-state index < -0.39 is 0 Å². The van der Waals surface area contributed by atoms with Gasteiger partial charge < -0.3 is 9.47 Å². The van der Waals surface area contributed by atoms with E-state index in [0.29, 0.717) is 13.2 Å². The monoisotopic (exact) mass is 213 g/mol. The Bertz CT molecular complexity index is 459. The van der Waals surface area contributed by atoms with Crippen molar-refractivity contribution >= 4 is 0 Å². The number of hydrogen-bond acceptors (Lipinski definition) is 3. The Morgan fingerprint density at radius 2 is 2.12 bits per heavy atom. The van der Waals surface area contributed by atoms with Crippen molar-refractivity contribution in [2.24, 2.45) is 0 Å². The molecule has 3 heteroatoms. The summed E-state index contributed by atoms with van der Waals surface area (Å²) in [5, 5.41) is 8.38. The van der Waals surface area contributed by atoms with Crippen LogP contribution in [0, 0.1) is 23.2 Å². The number of hydrogen-bond donors (Lipinski definition) is 0. The van der Waals surface area contributed by atoms with Crippen LogP contribution in [0.1, 0.15) is 23.8 Å². The molecule has 0 spiro atoms. The van der Waals surface area contributed by atoms with Gasteiger partial charge in [-0.2, -0.15) is 5.26 Å². The van der Waals surface area contributed by atoms with E-state index in [0.717, 1.165) is 11.1 Å². The minimum atomic E-state index is -0.266. The fourth-order valence-corrected chi connectivity index (χ4v) is 1.50. The van der Waals surface area contributed by atoms with Gasteiger partial charge in [0.1, 0.15) is 0 Å². The van der Waals surface area contributed by atoms with Crippen LogP contribution in [0.2, 0.25) is 0 Å². The van der Waals surface area contributed by atoms with E-state index in [1.165, 1.54) is 0 Å². The molecule has 80 valence electrons. The van der Waals surface area contributed by atoms with Gasteiger partial charge in [0.05, 0.1) is 25.7 Å². The fourth-order valence-electron chi connectivity index (χ4n) is 1.50. The maximum atomic E-state index is 8.38. The first-order chi connectivity index (χ1) is 7.90. The molecule has 2 rings (SSSR count). The summed E-state index contributed by atoms with van der Waals surface area (Å²) in [5.74, 6) is 5.70. The van der Waals surface area contributed by atoms with Crippen LogP contribution in [0.4, 0.5) is 0 Å². The van der Waals surface area contributed by atoms with Gasteiger partial charge in [-0.15, -0.1) is 0 Å². The third-order valence-corrected chi connectivity index (χ3v) is 2.18. The van der Waals surface area contributed by atoms with Crippen molar-refractivity contribution in [3.05, 3.63) is 35.4 Å². The van der Waals surface area contributed by atoms with Gasteiger partial charge >= 0.3 is 0 Å². The Morgan fingerprint density at radius 1 is 1.31 bits per heavy atom. The molecule has 1 aliphatic heterocycles. The van der Waals surface area contributed by atoms with Crippen molar-refractivity contribution in [1.82, 2.24) is 0 Å². The first-order valence-corrected chi connectivity index (χ1v) is 5.09. The number of benzene rings is 1. The molecule has 16 heavy (non-hydrogen) atoms. The molecule has 1 aliphatic rings. The summed E-state index contributed by atoms with van der Waals surface area (Å²) < 4.78 is 10.8. The molecule has 0 saturated carbocycles. The molecular formula is C13H11NO2. The van der Waals surface area contributed by atoms with Crippen LogP contribution in [0.3, 0.4) is 0 Å². The topological polar surface area (TPSA) is 42.2 Å². The Morgan fingerprint density at radius 3 is 2.88 bits per heavy atom. The van der Waals surface area contributed by atoms with Crippen molar-refractivity contribution in [3.8, 4) is 17.9 Å².